The lowest BCUT2D eigenvalue weighted by Gasteiger charge is -2.18. The number of fused-ring (bicyclic) bond motifs is 1. The largest absolute Gasteiger partial charge is 0.390 e. The first-order valence-corrected chi connectivity index (χ1v) is 7.01. The molecular formula is C12H16N4OS. The minimum Gasteiger partial charge on any atom is -0.390 e. The van der Waals surface area contributed by atoms with Crippen molar-refractivity contribution in [2.75, 3.05) is 6.54 Å². The Hall–Kier alpha value is -1.24. The number of aromatic nitrogens is 3. The van der Waals surface area contributed by atoms with Crippen molar-refractivity contribution in [3.63, 3.8) is 0 Å². The maximum absolute atomic E-state index is 9.28. The number of rotatable bonds is 3. The van der Waals surface area contributed by atoms with Gasteiger partial charge in [0.05, 0.1) is 12.3 Å². The Morgan fingerprint density at radius 2 is 2.33 bits per heavy atom. The van der Waals surface area contributed by atoms with Gasteiger partial charge in [0, 0.05) is 31.1 Å². The van der Waals surface area contributed by atoms with E-state index in [2.05, 4.69) is 32.7 Å². The fourth-order valence-electron chi connectivity index (χ4n) is 2.34. The van der Waals surface area contributed by atoms with Gasteiger partial charge >= 0.3 is 0 Å². The van der Waals surface area contributed by atoms with E-state index in [4.69, 9.17) is 0 Å². The van der Waals surface area contributed by atoms with Crippen LogP contribution in [-0.4, -0.2) is 31.5 Å². The Morgan fingerprint density at radius 3 is 3.11 bits per heavy atom. The highest BCUT2D eigenvalue weighted by atomic mass is 32.1. The molecule has 3 heterocycles. The molecule has 1 aliphatic heterocycles. The lowest BCUT2D eigenvalue weighted by molar-refractivity contribution is 0.251. The predicted molar refractivity (Wildman–Crippen MR) is 69.0 cm³/mol. The molecule has 0 radical (unpaired) electrons. The summed E-state index contributed by atoms with van der Waals surface area (Å²) in [6.45, 7) is 3.71. The molecule has 1 N–H and O–H groups in total. The van der Waals surface area contributed by atoms with E-state index in [-0.39, 0.29) is 6.61 Å². The van der Waals surface area contributed by atoms with Gasteiger partial charge in [-0.3, -0.25) is 4.90 Å². The second-order valence-electron chi connectivity index (χ2n) is 4.51. The van der Waals surface area contributed by atoms with E-state index in [1.165, 1.54) is 4.88 Å². The van der Waals surface area contributed by atoms with Crippen LogP contribution < -0.4 is 0 Å². The van der Waals surface area contributed by atoms with Crippen molar-refractivity contribution < 1.29 is 5.11 Å². The SMILES string of the molecule is OCc1nnn2c1CN(Cc1cccs1)CCC2. The Bertz CT molecular complexity index is 508. The van der Waals surface area contributed by atoms with Gasteiger partial charge in [-0.15, -0.1) is 16.4 Å². The van der Waals surface area contributed by atoms with E-state index in [1.54, 1.807) is 11.3 Å². The van der Waals surface area contributed by atoms with Crippen LogP contribution in [0, 0.1) is 0 Å². The van der Waals surface area contributed by atoms with Gasteiger partial charge in [-0.25, -0.2) is 4.68 Å². The van der Waals surface area contributed by atoms with Crippen molar-refractivity contribution >= 4 is 11.3 Å². The number of hydrogen-bond acceptors (Lipinski definition) is 5. The number of aliphatic hydroxyl groups is 1. The Morgan fingerprint density at radius 1 is 1.39 bits per heavy atom. The van der Waals surface area contributed by atoms with Gasteiger partial charge in [-0.2, -0.15) is 0 Å². The van der Waals surface area contributed by atoms with Crippen molar-refractivity contribution in [3.05, 3.63) is 33.8 Å². The zero-order chi connectivity index (χ0) is 12.4. The van der Waals surface area contributed by atoms with E-state index < -0.39 is 0 Å². The average Bonchev–Trinajstić information content (AvgIpc) is 2.96. The molecule has 0 spiro atoms. The van der Waals surface area contributed by atoms with Crippen molar-refractivity contribution in [1.29, 1.82) is 0 Å². The Labute approximate surface area is 110 Å². The van der Waals surface area contributed by atoms with Gasteiger partial charge in [-0.1, -0.05) is 11.3 Å². The standard InChI is InChI=1S/C12H16N4OS/c17-9-11-12-8-15(7-10-3-1-6-18-10)4-2-5-16(12)14-13-11/h1,3,6,17H,2,4-5,7-9H2. The zero-order valence-corrected chi connectivity index (χ0v) is 10.9. The molecule has 0 aliphatic carbocycles. The highest BCUT2D eigenvalue weighted by molar-refractivity contribution is 7.09. The summed E-state index contributed by atoms with van der Waals surface area (Å²) in [4.78, 5) is 3.77. The first kappa shape index (κ1) is 11.8. The maximum atomic E-state index is 9.28. The molecular weight excluding hydrogens is 248 g/mol. The molecule has 0 fully saturated rings. The monoisotopic (exact) mass is 264 g/mol. The minimum absolute atomic E-state index is 0.0256. The molecule has 5 nitrogen and oxygen atoms in total. The summed E-state index contributed by atoms with van der Waals surface area (Å²) in [6, 6.07) is 4.25. The second kappa shape index (κ2) is 5.17. The van der Waals surface area contributed by atoms with E-state index in [9.17, 15) is 5.11 Å². The molecule has 0 amide bonds. The quantitative estimate of drug-likeness (QED) is 0.906. The molecule has 3 rings (SSSR count). The highest BCUT2D eigenvalue weighted by Crippen LogP contribution is 2.18. The highest BCUT2D eigenvalue weighted by Gasteiger charge is 2.19. The zero-order valence-electron chi connectivity index (χ0n) is 10.1. The van der Waals surface area contributed by atoms with E-state index in [0.29, 0.717) is 5.69 Å². The lowest BCUT2D eigenvalue weighted by atomic mass is 10.3. The predicted octanol–water partition coefficient (Wildman–Crippen LogP) is 1.24. The number of hydrogen-bond donors (Lipinski definition) is 1. The van der Waals surface area contributed by atoms with Gasteiger partial charge in [0.25, 0.3) is 0 Å². The van der Waals surface area contributed by atoms with Crippen LogP contribution in [0.25, 0.3) is 0 Å². The molecule has 18 heavy (non-hydrogen) atoms. The number of aryl methyl sites for hydroxylation is 1. The van der Waals surface area contributed by atoms with Crippen molar-refractivity contribution in [2.45, 2.75) is 32.7 Å². The smallest absolute Gasteiger partial charge is 0.113 e. The normalized spacial score (nSPS) is 16.5. The third kappa shape index (κ3) is 2.31. The fourth-order valence-corrected chi connectivity index (χ4v) is 3.08. The molecule has 96 valence electrons. The Balaban J connectivity index is 1.78. The molecule has 0 unspecified atom stereocenters. The van der Waals surface area contributed by atoms with Gasteiger partial charge < -0.3 is 5.11 Å². The van der Waals surface area contributed by atoms with Crippen LogP contribution in [0.3, 0.4) is 0 Å². The molecule has 0 bridgehead atoms. The molecule has 2 aromatic heterocycles. The number of thiophene rings is 1. The maximum Gasteiger partial charge on any atom is 0.113 e. The van der Waals surface area contributed by atoms with Crippen molar-refractivity contribution in [3.8, 4) is 0 Å². The van der Waals surface area contributed by atoms with Crippen LogP contribution in [0.4, 0.5) is 0 Å². The third-order valence-electron chi connectivity index (χ3n) is 3.25. The van der Waals surface area contributed by atoms with Gasteiger partial charge in [0.1, 0.15) is 5.69 Å². The molecule has 0 saturated carbocycles. The van der Waals surface area contributed by atoms with Crippen LogP contribution in [0.1, 0.15) is 22.7 Å². The van der Waals surface area contributed by atoms with Crippen LogP contribution >= 0.6 is 11.3 Å². The van der Waals surface area contributed by atoms with Crippen LogP contribution in [0.5, 0.6) is 0 Å². The number of nitrogens with zero attached hydrogens (tertiary/aromatic N) is 4. The lowest BCUT2D eigenvalue weighted by Crippen LogP contribution is -2.22. The molecule has 1 aliphatic rings. The summed E-state index contributed by atoms with van der Waals surface area (Å²) in [7, 11) is 0. The van der Waals surface area contributed by atoms with Gasteiger partial charge in [0.2, 0.25) is 0 Å². The summed E-state index contributed by atoms with van der Waals surface area (Å²) in [6.07, 6.45) is 1.08. The van der Waals surface area contributed by atoms with Crippen molar-refractivity contribution in [1.82, 2.24) is 19.9 Å². The fraction of sp³-hybridized carbons (Fsp3) is 0.500. The summed E-state index contributed by atoms with van der Waals surface area (Å²) < 4.78 is 1.93. The molecule has 0 atom stereocenters. The van der Waals surface area contributed by atoms with E-state index in [0.717, 1.165) is 38.3 Å². The first-order chi connectivity index (χ1) is 8.86. The molecule has 0 aromatic carbocycles. The van der Waals surface area contributed by atoms with Crippen LogP contribution in [0.2, 0.25) is 0 Å². The number of aliphatic hydroxyl groups excluding tert-OH is 1. The second-order valence-corrected chi connectivity index (χ2v) is 5.54. The average molecular weight is 264 g/mol. The van der Waals surface area contributed by atoms with E-state index in [1.807, 2.05) is 4.68 Å². The summed E-state index contributed by atoms with van der Waals surface area (Å²) >= 11 is 1.79. The topological polar surface area (TPSA) is 54.2 Å². The van der Waals surface area contributed by atoms with Gasteiger partial charge in [0.15, 0.2) is 0 Å². The summed E-state index contributed by atoms with van der Waals surface area (Å²) in [5, 5.41) is 19.5. The van der Waals surface area contributed by atoms with Crippen molar-refractivity contribution in [2.24, 2.45) is 0 Å². The van der Waals surface area contributed by atoms with Crippen LogP contribution in [-0.2, 0) is 26.2 Å². The van der Waals surface area contributed by atoms with Crippen LogP contribution in [0.15, 0.2) is 17.5 Å². The molecule has 6 heteroatoms. The Kier molecular flexibility index (Phi) is 3.40. The van der Waals surface area contributed by atoms with Gasteiger partial charge in [-0.05, 0) is 17.9 Å². The third-order valence-corrected chi connectivity index (χ3v) is 4.11. The summed E-state index contributed by atoms with van der Waals surface area (Å²) in [5.74, 6) is 0. The first-order valence-electron chi connectivity index (χ1n) is 6.13. The summed E-state index contributed by atoms with van der Waals surface area (Å²) in [5.41, 5.74) is 1.78. The molecule has 2 aromatic rings. The minimum atomic E-state index is -0.0256. The molecule has 0 saturated heterocycles. The van der Waals surface area contributed by atoms with E-state index >= 15 is 0 Å².